The highest BCUT2D eigenvalue weighted by Gasteiger charge is 1.96. The highest BCUT2D eigenvalue weighted by Crippen LogP contribution is 2.09. The largest absolute Gasteiger partial charge is 0.373 e. The van der Waals surface area contributed by atoms with Gasteiger partial charge in [-0.25, -0.2) is 4.98 Å². The number of nitrogens with zero attached hydrogens (tertiary/aromatic N) is 1. The minimum absolute atomic E-state index is 0.944. The van der Waals surface area contributed by atoms with Crippen molar-refractivity contribution < 1.29 is 0 Å². The Balaban J connectivity index is 2.99. The standard InChI is InChI=1S/C9H14N2/c1-4-8-5-6-9(10-3)11-7(8)2/h5-6H,4H2,1-3H3,(H,10,11). The molecule has 0 aromatic carbocycles. The van der Waals surface area contributed by atoms with E-state index in [2.05, 4.69) is 23.3 Å². The summed E-state index contributed by atoms with van der Waals surface area (Å²) in [6.45, 7) is 4.18. The Morgan fingerprint density at radius 2 is 2.18 bits per heavy atom. The Hall–Kier alpha value is -1.05. The molecule has 0 aliphatic heterocycles. The first-order valence-corrected chi connectivity index (χ1v) is 3.92. The molecule has 1 heterocycles. The summed E-state index contributed by atoms with van der Waals surface area (Å²) in [6.07, 6.45) is 1.06. The highest BCUT2D eigenvalue weighted by atomic mass is 15.0. The van der Waals surface area contributed by atoms with E-state index in [9.17, 15) is 0 Å². The van der Waals surface area contributed by atoms with Crippen LogP contribution in [0, 0.1) is 6.92 Å². The van der Waals surface area contributed by atoms with Gasteiger partial charge in [-0.2, -0.15) is 0 Å². The summed E-state index contributed by atoms with van der Waals surface area (Å²) >= 11 is 0. The lowest BCUT2D eigenvalue weighted by Gasteiger charge is -2.04. The van der Waals surface area contributed by atoms with E-state index in [0.717, 1.165) is 17.9 Å². The fourth-order valence-electron chi connectivity index (χ4n) is 1.10. The second-order valence-corrected chi connectivity index (χ2v) is 2.54. The van der Waals surface area contributed by atoms with Gasteiger partial charge >= 0.3 is 0 Å². The minimum atomic E-state index is 0.944. The molecule has 0 spiro atoms. The van der Waals surface area contributed by atoms with E-state index in [0.29, 0.717) is 0 Å². The third-order valence-electron chi connectivity index (χ3n) is 1.83. The zero-order valence-electron chi connectivity index (χ0n) is 7.31. The first-order valence-electron chi connectivity index (χ1n) is 3.92. The van der Waals surface area contributed by atoms with Gasteiger partial charge in [0.2, 0.25) is 0 Å². The van der Waals surface area contributed by atoms with Crippen molar-refractivity contribution in [2.24, 2.45) is 0 Å². The first kappa shape index (κ1) is 8.05. The van der Waals surface area contributed by atoms with Crippen LogP contribution in [0.3, 0.4) is 0 Å². The molecule has 0 bridgehead atoms. The summed E-state index contributed by atoms with van der Waals surface area (Å²) in [5, 5.41) is 3.01. The molecule has 0 unspecified atom stereocenters. The number of anilines is 1. The van der Waals surface area contributed by atoms with Gasteiger partial charge in [0, 0.05) is 12.7 Å². The topological polar surface area (TPSA) is 24.9 Å². The number of pyridine rings is 1. The number of hydrogen-bond acceptors (Lipinski definition) is 2. The van der Waals surface area contributed by atoms with Crippen molar-refractivity contribution in [3.63, 3.8) is 0 Å². The SMILES string of the molecule is CCc1ccc(NC)nc1C. The van der Waals surface area contributed by atoms with E-state index in [-0.39, 0.29) is 0 Å². The van der Waals surface area contributed by atoms with Gasteiger partial charge in [0.25, 0.3) is 0 Å². The van der Waals surface area contributed by atoms with Crippen molar-refractivity contribution >= 4 is 5.82 Å². The Bertz CT molecular complexity index is 243. The van der Waals surface area contributed by atoms with Crippen molar-refractivity contribution in [3.05, 3.63) is 23.4 Å². The van der Waals surface area contributed by atoms with E-state index in [1.165, 1.54) is 5.56 Å². The monoisotopic (exact) mass is 150 g/mol. The Morgan fingerprint density at radius 1 is 1.45 bits per heavy atom. The Kier molecular flexibility index (Phi) is 2.47. The predicted octanol–water partition coefficient (Wildman–Crippen LogP) is 1.99. The molecule has 2 heteroatoms. The van der Waals surface area contributed by atoms with Crippen molar-refractivity contribution in [2.75, 3.05) is 12.4 Å². The third kappa shape index (κ3) is 1.70. The quantitative estimate of drug-likeness (QED) is 0.697. The maximum Gasteiger partial charge on any atom is 0.125 e. The van der Waals surface area contributed by atoms with Gasteiger partial charge in [0.1, 0.15) is 5.82 Å². The molecular formula is C9H14N2. The summed E-state index contributed by atoms with van der Waals surface area (Å²) < 4.78 is 0. The van der Waals surface area contributed by atoms with Gasteiger partial charge in [-0.15, -0.1) is 0 Å². The molecule has 0 amide bonds. The van der Waals surface area contributed by atoms with E-state index >= 15 is 0 Å². The van der Waals surface area contributed by atoms with Gasteiger partial charge in [-0.3, -0.25) is 0 Å². The lowest BCUT2D eigenvalue weighted by molar-refractivity contribution is 1.05. The van der Waals surface area contributed by atoms with Crippen LogP contribution in [0.5, 0.6) is 0 Å². The molecular weight excluding hydrogens is 136 g/mol. The van der Waals surface area contributed by atoms with E-state index < -0.39 is 0 Å². The smallest absolute Gasteiger partial charge is 0.125 e. The lowest BCUT2D eigenvalue weighted by Crippen LogP contribution is -1.96. The van der Waals surface area contributed by atoms with Crippen LogP contribution in [-0.4, -0.2) is 12.0 Å². The molecule has 0 aliphatic carbocycles. The molecule has 60 valence electrons. The van der Waals surface area contributed by atoms with E-state index in [1.54, 1.807) is 0 Å². The Labute approximate surface area is 67.7 Å². The molecule has 1 rings (SSSR count). The van der Waals surface area contributed by atoms with Gasteiger partial charge in [0.05, 0.1) is 0 Å². The van der Waals surface area contributed by atoms with Gasteiger partial charge in [-0.1, -0.05) is 13.0 Å². The summed E-state index contributed by atoms with van der Waals surface area (Å²) in [4.78, 5) is 4.35. The fraction of sp³-hybridized carbons (Fsp3) is 0.444. The number of aryl methyl sites for hydroxylation is 2. The van der Waals surface area contributed by atoms with Crippen molar-refractivity contribution in [3.8, 4) is 0 Å². The van der Waals surface area contributed by atoms with Gasteiger partial charge in [-0.05, 0) is 25.0 Å². The van der Waals surface area contributed by atoms with Gasteiger partial charge < -0.3 is 5.32 Å². The summed E-state index contributed by atoms with van der Waals surface area (Å²) in [5.41, 5.74) is 2.45. The predicted molar refractivity (Wildman–Crippen MR) is 47.9 cm³/mol. The number of aromatic nitrogens is 1. The molecule has 1 aromatic heterocycles. The van der Waals surface area contributed by atoms with Crippen LogP contribution in [0.1, 0.15) is 18.2 Å². The molecule has 0 saturated carbocycles. The zero-order chi connectivity index (χ0) is 8.27. The van der Waals surface area contributed by atoms with Crippen LogP contribution in [0.4, 0.5) is 5.82 Å². The van der Waals surface area contributed by atoms with Crippen LogP contribution < -0.4 is 5.32 Å². The molecule has 11 heavy (non-hydrogen) atoms. The maximum absolute atomic E-state index is 4.35. The maximum atomic E-state index is 4.35. The molecule has 2 nitrogen and oxygen atoms in total. The average Bonchev–Trinajstić information content (AvgIpc) is 2.04. The zero-order valence-corrected chi connectivity index (χ0v) is 7.31. The Morgan fingerprint density at radius 3 is 2.64 bits per heavy atom. The van der Waals surface area contributed by atoms with E-state index in [4.69, 9.17) is 0 Å². The molecule has 0 fully saturated rings. The second-order valence-electron chi connectivity index (χ2n) is 2.54. The first-order chi connectivity index (χ1) is 5.27. The van der Waals surface area contributed by atoms with Crippen molar-refractivity contribution in [2.45, 2.75) is 20.3 Å². The number of hydrogen-bond donors (Lipinski definition) is 1. The summed E-state index contributed by atoms with van der Waals surface area (Å²) in [6, 6.07) is 4.12. The van der Waals surface area contributed by atoms with Crippen LogP contribution >= 0.6 is 0 Å². The summed E-state index contributed by atoms with van der Waals surface area (Å²) in [7, 11) is 1.88. The minimum Gasteiger partial charge on any atom is -0.373 e. The molecule has 1 aromatic rings. The van der Waals surface area contributed by atoms with Crippen LogP contribution in [-0.2, 0) is 6.42 Å². The van der Waals surface area contributed by atoms with Crippen molar-refractivity contribution in [1.82, 2.24) is 4.98 Å². The fourth-order valence-corrected chi connectivity index (χ4v) is 1.10. The van der Waals surface area contributed by atoms with E-state index in [1.807, 2.05) is 20.0 Å². The number of nitrogens with one attached hydrogen (secondary N) is 1. The van der Waals surface area contributed by atoms with Crippen LogP contribution in [0.15, 0.2) is 12.1 Å². The molecule has 0 radical (unpaired) electrons. The molecule has 0 atom stereocenters. The second kappa shape index (κ2) is 3.37. The third-order valence-corrected chi connectivity index (χ3v) is 1.83. The molecule has 1 N–H and O–H groups in total. The summed E-state index contributed by atoms with van der Waals surface area (Å²) in [5.74, 6) is 0.944. The molecule has 0 saturated heterocycles. The van der Waals surface area contributed by atoms with Crippen molar-refractivity contribution in [1.29, 1.82) is 0 Å². The molecule has 0 aliphatic rings. The lowest BCUT2D eigenvalue weighted by atomic mass is 10.1. The van der Waals surface area contributed by atoms with Crippen LogP contribution in [0.2, 0.25) is 0 Å². The normalized spacial score (nSPS) is 9.73. The van der Waals surface area contributed by atoms with Gasteiger partial charge in [0.15, 0.2) is 0 Å². The average molecular weight is 150 g/mol. The number of rotatable bonds is 2. The highest BCUT2D eigenvalue weighted by molar-refractivity contribution is 5.37. The van der Waals surface area contributed by atoms with Crippen LogP contribution in [0.25, 0.3) is 0 Å².